The molecule has 1 atom stereocenters. The SMILES string of the molecule is COC(CCc1ccccc1Br)c1cccc(C=Cc2ccc3sc(Cl)c(Cl)c3n2)c1. The van der Waals surface area contributed by atoms with Gasteiger partial charge in [-0.25, -0.2) is 4.98 Å². The van der Waals surface area contributed by atoms with Gasteiger partial charge in [0.05, 0.1) is 21.5 Å². The van der Waals surface area contributed by atoms with Gasteiger partial charge in [-0.05, 0) is 59.9 Å². The van der Waals surface area contributed by atoms with Crippen LogP contribution in [0.2, 0.25) is 9.36 Å². The van der Waals surface area contributed by atoms with E-state index < -0.39 is 0 Å². The molecule has 0 aliphatic rings. The van der Waals surface area contributed by atoms with Gasteiger partial charge in [0.2, 0.25) is 0 Å². The number of nitrogens with zero attached hydrogens (tertiary/aromatic N) is 1. The predicted octanol–water partition coefficient (Wildman–Crippen LogP) is 8.86. The molecule has 31 heavy (non-hydrogen) atoms. The molecule has 0 N–H and O–H groups in total. The molecule has 2 nitrogen and oxygen atoms in total. The molecular formula is C25H20BrCl2NOS. The summed E-state index contributed by atoms with van der Waals surface area (Å²) in [6, 6.07) is 20.7. The average molecular weight is 533 g/mol. The fourth-order valence-corrected chi connectivity index (χ4v) is 5.38. The average Bonchev–Trinajstić information content (AvgIpc) is 3.07. The first-order valence-electron chi connectivity index (χ1n) is 9.84. The second kappa shape index (κ2) is 10.3. The second-order valence-electron chi connectivity index (χ2n) is 7.13. The second-order valence-corrected chi connectivity index (χ2v) is 10.0. The highest BCUT2D eigenvalue weighted by atomic mass is 79.9. The van der Waals surface area contributed by atoms with Crippen LogP contribution in [-0.2, 0) is 11.2 Å². The van der Waals surface area contributed by atoms with Crippen molar-refractivity contribution in [3.05, 3.63) is 96.9 Å². The lowest BCUT2D eigenvalue weighted by Gasteiger charge is -2.17. The van der Waals surface area contributed by atoms with Crippen molar-refractivity contribution in [1.82, 2.24) is 4.98 Å². The van der Waals surface area contributed by atoms with E-state index in [1.54, 1.807) is 7.11 Å². The van der Waals surface area contributed by atoms with E-state index in [-0.39, 0.29) is 6.10 Å². The van der Waals surface area contributed by atoms with Crippen LogP contribution in [0, 0.1) is 0 Å². The summed E-state index contributed by atoms with van der Waals surface area (Å²) < 4.78 is 8.50. The molecule has 0 saturated carbocycles. The number of hydrogen-bond acceptors (Lipinski definition) is 3. The summed E-state index contributed by atoms with van der Waals surface area (Å²) >= 11 is 17.5. The van der Waals surface area contributed by atoms with E-state index in [1.165, 1.54) is 16.9 Å². The monoisotopic (exact) mass is 531 g/mol. The Morgan fingerprint density at radius 3 is 2.71 bits per heavy atom. The van der Waals surface area contributed by atoms with Crippen LogP contribution >= 0.6 is 50.5 Å². The van der Waals surface area contributed by atoms with Crippen molar-refractivity contribution in [3.63, 3.8) is 0 Å². The number of halogens is 3. The smallest absolute Gasteiger partial charge is 0.114 e. The van der Waals surface area contributed by atoms with E-state index in [4.69, 9.17) is 27.9 Å². The molecule has 0 fully saturated rings. The van der Waals surface area contributed by atoms with E-state index in [2.05, 4.69) is 69.5 Å². The van der Waals surface area contributed by atoms with Crippen molar-refractivity contribution in [2.45, 2.75) is 18.9 Å². The lowest BCUT2D eigenvalue weighted by molar-refractivity contribution is 0.0959. The number of hydrogen-bond donors (Lipinski definition) is 0. The number of aryl methyl sites for hydroxylation is 1. The molecule has 1 unspecified atom stereocenters. The molecule has 0 saturated heterocycles. The van der Waals surface area contributed by atoms with Crippen LogP contribution in [0.1, 0.15) is 34.9 Å². The minimum atomic E-state index is 0.0293. The maximum absolute atomic E-state index is 6.26. The highest BCUT2D eigenvalue weighted by Gasteiger charge is 2.12. The fourth-order valence-electron chi connectivity index (χ4n) is 3.48. The number of rotatable bonds is 7. The Hall–Kier alpha value is -1.69. The highest BCUT2D eigenvalue weighted by Crippen LogP contribution is 2.37. The summed E-state index contributed by atoms with van der Waals surface area (Å²) in [7, 11) is 1.77. The highest BCUT2D eigenvalue weighted by molar-refractivity contribution is 9.10. The van der Waals surface area contributed by atoms with Crippen molar-refractivity contribution in [3.8, 4) is 0 Å². The zero-order valence-electron chi connectivity index (χ0n) is 16.8. The van der Waals surface area contributed by atoms with Crippen LogP contribution in [-0.4, -0.2) is 12.1 Å². The molecule has 2 aromatic heterocycles. The number of thiophene rings is 1. The first-order valence-corrected chi connectivity index (χ1v) is 12.2. The number of aromatic nitrogens is 1. The van der Waals surface area contributed by atoms with Gasteiger partial charge in [0.25, 0.3) is 0 Å². The number of ether oxygens (including phenoxy) is 1. The van der Waals surface area contributed by atoms with Gasteiger partial charge < -0.3 is 4.74 Å². The molecule has 0 amide bonds. The van der Waals surface area contributed by atoms with Crippen molar-refractivity contribution >= 4 is 72.8 Å². The Kier molecular flexibility index (Phi) is 7.47. The zero-order valence-corrected chi connectivity index (χ0v) is 20.7. The van der Waals surface area contributed by atoms with Crippen LogP contribution in [0.15, 0.2) is 65.1 Å². The molecule has 0 spiro atoms. The van der Waals surface area contributed by atoms with Crippen molar-refractivity contribution in [2.24, 2.45) is 0 Å². The summed E-state index contributed by atoms with van der Waals surface area (Å²) in [6.45, 7) is 0. The third kappa shape index (κ3) is 5.39. The third-order valence-corrected chi connectivity index (χ3v) is 7.81. The molecule has 6 heteroatoms. The van der Waals surface area contributed by atoms with Gasteiger partial charge in [-0.15, -0.1) is 11.3 Å². The lowest BCUT2D eigenvalue weighted by atomic mass is 9.99. The molecule has 4 rings (SSSR count). The summed E-state index contributed by atoms with van der Waals surface area (Å²) in [4.78, 5) is 4.63. The van der Waals surface area contributed by atoms with E-state index in [0.29, 0.717) is 9.36 Å². The van der Waals surface area contributed by atoms with Crippen LogP contribution in [0.25, 0.3) is 22.4 Å². The predicted molar refractivity (Wildman–Crippen MR) is 137 cm³/mol. The van der Waals surface area contributed by atoms with E-state index >= 15 is 0 Å². The number of pyridine rings is 1. The van der Waals surface area contributed by atoms with Crippen molar-refractivity contribution in [2.75, 3.05) is 7.11 Å². The Labute approximate surface area is 204 Å². The standard InChI is InChI=1S/C25H20BrCl2NOS/c1-30-21(13-10-17-6-2-3-8-20(17)26)18-7-4-5-16(15-18)9-11-19-12-14-22-24(29-19)23(27)25(28)31-22/h2-9,11-12,14-15,21H,10,13H2,1H3. The van der Waals surface area contributed by atoms with Gasteiger partial charge in [0.1, 0.15) is 9.85 Å². The molecule has 0 bridgehead atoms. The van der Waals surface area contributed by atoms with E-state index in [9.17, 15) is 0 Å². The first-order chi connectivity index (χ1) is 15.0. The summed E-state index contributed by atoms with van der Waals surface area (Å²) in [5, 5.41) is 0.520. The molecule has 2 aromatic carbocycles. The van der Waals surface area contributed by atoms with E-state index in [0.717, 1.165) is 44.4 Å². The number of fused-ring (bicyclic) bond motifs is 1. The minimum Gasteiger partial charge on any atom is -0.377 e. The third-order valence-electron chi connectivity index (χ3n) is 5.11. The Morgan fingerprint density at radius 1 is 1.06 bits per heavy atom. The summed E-state index contributed by atoms with van der Waals surface area (Å²) in [5.74, 6) is 0. The van der Waals surface area contributed by atoms with Crippen LogP contribution in [0.3, 0.4) is 0 Å². The van der Waals surface area contributed by atoms with Crippen molar-refractivity contribution in [1.29, 1.82) is 0 Å². The van der Waals surface area contributed by atoms with Crippen molar-refractivity contribution < 1.29 is 4.74 Å². The maximum Gasteiger partial charge on any atom is 0.114 e. The maximum atomic E-state index is 6.26. The van der Waals surface area contributed by atoms with Gasteiger partial charge in [-0.2, -0.15) is 0 Å². The van der Waals surface area contributed by atoms with Gasteiger partial charge in [-0.3, -0.25) is 0 Å². The zero-order chi connectivity index (χ0) is 21.8. The quantitative estimate of drug-likeness (QED) is 0.237. The fraction of sp³-hybridized carbons (Fsp3) is 0.160. The molecule has 0 radical (unpaired) electrons. The van der Waals surface area contributed by atoms with Crippen LogP contribution in [0.4, 0.5) is 0 Å². The molecule has 158 valence electrons. The van der Waals surface area contributed by atoms with Gasteiger partial charge in [0, 0.05) is 11.6 Å². The first kappa shape index (κ1) is 22.5. The van der Waals surface area contributed by atoms with Crippen LogP contribution in [0.5, 0.6) is 0 Å². The molecule has 0 aliphatic heterocycles. The Bertz CT molecular complexity index is 1240. The Morgan fingerprint density at radius 2 is 1.90 bits per heavy atom. The molecule has 0 aliphatic carbocycles. The van der Waals surface area contributed by atoms with Gasteiger partial charge in [0.15, 0.2) is 0 Å². The summed E-state index contributed by atoms with van der Waals surface area (Å²) in [5.41, 5.74) is 5.13. The minimum absolute atomic E-state index is 0.0293. The molecule has 2 heterocycles. The van der Waals surface area contributed by atoms with Gasteiger partial charge >= 0.3 is 0 Å². The topological polar surface area (TPSA) is 22.1 Å². The number of methoxy groups -OCH3 is 1. The molecule has 4 aromatic rings. The lowest BCUT2D eigenvalue weighted by Crippen LogP contribution is -2.04. The molecular weight excluding hydrogens is 513 g/mol. The van der Waals surface area contributed by atoms with Crippen LogP contribution < -0.4 is 0 Å². The number of benzene rings is 2. The summed E-state index contributed by atoms with van der Waals surface area (Å²) in [6.07, 6.45) is 5.92. The largest absolute Gasteiger partial charge is 0.377 e. The van der Waals surface area contributed by atoms with Gasteiger partial charge in [-0.1, -0.05) is 81.6 Å². The Balaban J connectivity index is 1.50. The van der Waals surface area contributed by atoms with E-state index in [1.807, 2.05) is 24.3 Å². The normalized spacial score (nSPS) is 12.6.